The normalized spacial score (nSPS) is 10.4. The maximum Gasteiger partial charge on any atom is 0.255 e. The number of rotatable bonds is 4. The number of methoxy groups -OCH3 is 1. The molecule has 1 amide bonds. The van der Waals surface area contributed by atoms with Gasteiger partial charge in [0.2, 0.25) is 0 Å². The Labute approximate surface area is 141 Å². The van der Waals surface area contributed by atoms with Gasteiger partial charge in [-0.1, -0.05) is 17.7 Å². The quantitative estimate of drug-likeness (QED) is 0.773. The summed E-state index contributed by atoms with van der Waals surface area (Å²) in [6.45, 7) is 0.0774. The summed E-state index contributed by atoms with van der Waals surface area (Å²) in [6.07, 6.45) is 0. The van der Waals surface area contributed by atoms with Crippen molar-refractivity contribution >= 4 is 33.4 Å². The van der Waals surface area contributed by atoms with Gasteiger partial charge in [0, 0.05) is 28.7 Å². The first-order valence-corrected chi connectivity index (χ1v) is 7.63. The highest BCUT2D eigenvalue weighted by Gasteiger charge is 2.18. The zero-order valence-corrected chi connectivity index (χ0v) is 14.4. The van der Waals surface area contributed by atoms with E-state index >= 15 is 0 Å². The highest BCUT2D eigenvalue weighted by atomic mass is 79.9. The lowest BCUT2D eigenvalue weighted by atomic mass is 10.1. The van der Waals surface area contributed by atoms with Gasteiger partial charge < -0.3 is 9.64 Å². The third kappa shape index (κ3) is 3.59. The Bertz CT molecular complexity index is 688. The highest BCUT2D eigenvalue weighted by molar-refractivity contribution is 9.10. The number of halogens is 3. The van der Waals surface area contributed by atoms with E-state index in [0.29, 0.717) is 26.4 Å². The number of ether oxygens (including phenoxy) is 1. The van der Waals surface area contributed by atoms with Crippen LogP contribution in [0, 0.1) is 5.82 Å². The molecule has 0 fully saturated rings. The molecule has 2 rings (SSSR count). The summed E-state index contributed by atoms with van der Waals surface area (Å²) in [5.41, 5.74) is 0.730. The van der Waals surface area contributed by atoms with E-state index in [2.05, 4.69) is 15.9 Å². The van der Waals surface area contributed by atoms with Gasteiger partial charge in [0.15, 0.2) is 0 Å². The first-order chi connectivity index (χ1) is 10.4. The van der Waals surface area contributed by atoms with Crippen molar-refractivity contribution < 1.29 is 13.9 Å². The van der Waals surface area contributed by atoms with Gasteiger partial charge in [-0.25, -0.2) is 4.39 Å². The molecule has 0 N–H and O–H groups in total. The van der Waals surface area contributed by atoms with Crippen molar-refractivity contribution in [2.75, 3.05) is 14.2 Å². The molecule has 0 spiro atoms. The Kier molecular flexibility index (Phi) is 5.42. The van der Waals surface area contributed by atoms with E-state index in [-0.39, 0.29) is 12.5 Å². The number of carbonyl (C=O) groups is 1. The van der Waals surface area contributed by atoms with Crippen LogP contribution in [-0.2, 0) is 6.54 Å². The van der Waals surface area contributed by atoms with Gasteiger partial charge in [0.25, 0.3) is 5.91 Å². The topological polar surface area (TPSA) is 29.5 Å². The predicted octanol–water partition coefficient (Wildman–Crippen LogP) is 4.52. The number of hydrogen-bond donors (Lipinski definition) is 0. The molecule has 0 aliphatic heterocycles. The molecule has 2 aromatic carbocycles. The summed E-state index contributed by atoms with van der Waals surface area (Å²) < 4.78 is 19.6. The monoisotopic (exact) mass is 385 g/mol. The third-order valence-corrected chi connectivity index (χ3v) is 4.25. The lowest BCUT2D eigenvalue weighted by Crippen LogP contribution is -2.27. The van der Waals surface area contributed by atoms with Crippen LogP contribution in [-0.4, -0.2) is 25.0 Å². The number of benzene rings is 2. The van der Waals surface area contributed by atoms with Crippen LogP contribution >= 0.6 is 27.5 Å². The Balaban J connectivity index is 2.26. The summed E-state index contributed by atoms with van der Waals surface area (Å²) in [6, 6.07) is 9.55. The largest absolute Gasteiger partial charge is 0.497 e. The summed E-state index contributed by atoms with van der Waals surface area (Å²) in [5, 5.41) is 0.296. The van der Waals surface area contributed by atoms with Gasteiger partial charge in [0.05, 0.1) is 12.7 Å². The number of nitrogens with zero attached hydrogens (tertiary/aromatic N) is 1. The van der Waals surface area contributed by atoms with E-state index in [9.17, 15) is 9.18 Å². The Morgan fingerprint density at radius 3 is 2.73 bits per heavy atom. The van der Waals surface area contributed by atoms with Crippen molar-refractivity contribution in [1.82, 2.24) is 4.90 Å². The first kappa shape index (κ1) is 16.8. The van der Waals surface area contributed by atoms with Crippen LogP contribution in [0.25, 0.3) is 0 Å². The fourth-order valence-electron chi connectivity index (χ4n) is 1.99. The average molecular weight is 387 g/mol. The van der Waals surface area contributed by atoms with Crippen LogP contribution in [0.5, 0.6) is 5.75 Å². The van der Waals surface area contributed by atoms with Gasteiger partial charge in [-0.2, -0.15) is 0 Å². The van der Waals surface area contributed by atoms with E-state index in [0.717, 1.165) is 0 Å². The van der Waals surface area contributed by atoms with Crippen LogP contribution in [0.15, 0.2) is 40.9 Å². The summed E-state index contributed by atoms with van der Waals surface area (Å²) in [7, 11) is 3.12. The Morgan fingerprint density at radius 2 is 2.09 bits per heavy atom. The van der Waals surface area contributed by atoms with E-state index < -0.39 is 5.82 Å². The predicted molar refractivity (Wildman–Crippen MR) is 87.9 cm³/mol. The van der Waals surface area contributed by atoms with E-state index in [1.807, 2.05) is 0 Å². The molecule has 6 heteroatoms. The van der Waals surface area contributed by atoms with E-state index in [1.165, 1.54) is 24.1 Å². The minimum atomic E-state index is -0.433. The number of carbonyl (C=O) groups excluding carboxylic acids is 1. The molecule has 0 saturated carbocycles. The molecule has 2 aromatic rings. The fraction of sp³-hybridized carbons (Fsp3) is 0.188. The van der Waals surface area contributed by atoms with Crippen LogP contribution in [0.3, 0.4) is 0 Å². The van der Waals surface area contributed by atoms with Crippen LogP contribution < -0.4 is 4.74 Å². The van der Waals surface area contributed by atoms with Gasteiger partial charge in [-0.05, 0) is 46.3 Å². The van der Waals surface area contributed by atoms with Crippen LogP contribution in [0.4, 0.5) is 4.39 Å². The molecule has 0 atom stereocenters. The molecular formula is C16H14BrClFNO2. The van der Waals surface area contributed by atoms with Crippen molar-refractivity contribution in [2.24, 2.45) is 0 Å². The Hall–Kier alpha value is -1.59. The summed E-state index contributed by atoms with van der Waals surface area (Å²) in [4.78, 5) is 13.9. The van der Waals surface area contributed by atoms with Crippen LogP contribution in [0.1, 0.15) is 15.9 Å². The Morgan fingerprint density at radius 1 is 1.36 bits per heavy atom. The molecule has 116 valence electrons. The molecule has 0 heterocycles. The third-order valence-electron chi connectivity index (χ3n) is 3.21. The second kappa shape index (κ2) is 7.11. The van der Waals surface area contributed by atoms with Gasteiger partial charge in [0.1, 0.15) is 11.6 Å². The molecule has 0 aromatic heterocycles. The summed E-state index contributed by atoms with van der Waals surface area (Å²) >= 11 is 9.34. The zero-order chi connectivity index (χ0) is 16.3. The maximum atomic E-state index is 13.8. The number of amides is 1. The zero-order valence-electron chi connectivity index (χ0n) is 12.1. The first-order valence-electron chi connectivity index (χ1n) is 6.46. The van der Waals surface area contributed by atoms with Gasteiger partial charge >= 0.3 is 0 Å². The number of hydrogen-bond acceptors (Lipinski definition) is 2. The second-order valence-electron chi connectivity index (χ2n) is 4.71. The maximum absolute atomic E-state index is 13.8. The molecular weight excluding hydrogens is 373 g/mol. The van der Waals surface area contributed by atoms with Crippen molar-refractivity contribution in [3.63, 3.8) is 0 Å². The fourth-order valence-corrected chi connectivity index (χ4v) is 2.63. The molecule has 0 bridgehead atoms. The van der Waals surface area contributed by atoms with E-state index in [4.69, 9.17) is 16.3 Å². The van der Waals surface area contributed by atoms with Gasteiger partial charge in [-0.15, -0.1) is 0 Å². The highest BCUT2D eigenvalue weighted by Crippen LogP contribution is 2.25. The molecule has 3 nitrogen and oxygen atoms in total. The molecule has 0 aliphatic carbocycles. The molecule has 22 heavy (non-hydrogen) atoms. The van der Waals surface area contributed by atoms with Crippen molar-refractivity contribution in [3.05, 3.63) is 62.8 Å². The van der Waals surface area contributed by atoms with Crippen molar-refractivity contribution in [1.29, 1.82) is 0 Å². The van der Waals surface area contributed by atoms with Crippen molar-refractivity contribution in [2.45, 2.75) is 6.54 Å². The molecule has 0 aliphatic rings. The van der Waals surface area contributed by atoms with Crippen LogP contribution in [0.2, 0.25) is 5.02 Å². The van der Waals surface area contributed by atoms with Crippen molar-refractivity contribution in [3.8, 4) is 5.75 Å². The molecule has 0 radical (unpaired) electrons. The standard InChI is InChI=1S/C16H14BrClFNO2/c1-20(9-12-14(18)4-3-5-15(12)19)16(21)11-8-10(22-2)6-7-13(11)17/h3-8H,9H2,1-2H3. The van der Waals surface area contributed by atoms with E-state index in [1.54, 1.807) is 31.3 Å². The second-order valence-corrected chi connectivity index (χ2v) is 5.97. The summed E-state index contributed by atoms with van der Waals surface area (Å²) in [5.74, 6) is -0.120. The minimum absolute atomic E-state index is 0.0774. The molecule has 0 saturated heterocycles. The SMILES string of the molecule is COc1ccc(Br)c(C(=O)N(C)Cc2c(F)cccc2Cl)c1. The minimum Gasteiger partial charge on any atom is -0.497 e. The lowest BCUT2D eigenvalue weighted by Gasteiger charge is -2.19. The average Bonchev–Trinajstić information content (AvgIpc) is 2.50. The molecule has 0 unspecified atom stereocenters. The smallest absolute Gasteiger partial charge is 0.255 e. The lowest BCUT2D eigenvalue weighted by molar-refractivity contribution is 0.0782. The van der Waals surface area contributed by atoms with Gasteiger partial charge in [-0.3, -0.25) is 4.79 Å².